The monoisotopic (exact) mass is 165 g/mol. The van der Waals surface area contributed by atoms with Crippen molar-refractivity contribution in [1.82, 2.24) is 4.98 Å². The van der Waals surface area contributed by atoms with Crippen LogP contribution in [0.25, 0.3) is 6.08 Å². The molecule has 0 atom stereocenters. The lowest BCUT2D eigenvalue weighted by Crippen LogP contribution is -1.80. The zero-order valence-electron chi connectivity index (χ0n) is 6.49. The van der Waals surface area contributed by atoms with E-state index < -0.39 is 0 Å². The number of nitrogens with zero attached hydrogens (tertiary/aromatic N) is 1. The maximum absolute atomic E-state index is 4.16. The van der Waals surface area contributed by atoms with E-state index in [1.165, 1.54) is 5.56 Å². The summed E-state index contributed by atoms with van der Waals surface area (Å²) >= 11 is 4.06. The van der Waals surface area contributed by atoms with Crippen molar-refractivity contribution in [2.75, 3.05) is 5.75 Å². The minimum Gasteiger partial charge on any atom is -0.257 e. The standard InChI is InChI=1S/C9H11NS/c1-8-4-5-10-9(7-8)3-2-6-11/h2-5,7,11H,6H2,1H3. The summed E-state index contributed by atoms with van der Waals surface area (Å²) in [7, 11) is 0. The Morgan fingerprint density at radius 2 is 2.45 bits per heavy atom. The molecule has 0 unspecified atom stereocenters. The lowest BCUT2D eigenvalue weighted by molar-refractivity contribution is 1.26. The second-order valence-electron chi connectivity index (χ2n) is 2.34. The maximum atomic E-state index is 4.16. The van der Waals surface area contributed by atoms with Crippen LogP contribution in [-0.2, 0) is 0 Å². The number of hydrogen-bond donors (Lipinski definition) is 1. The van der Waals surface area contributed by atoms with Gasteiger partial charge in [0.2, 0.25) is 0 Å². The predicted molar refractivity (Wildman–Crippen MR) is 51.9 cm³/mol. The van der Waals surface area contributed by atoms with E-state index in [1.54, 1.807) is 0 Å². The van der Waals surface area contributed by atoms with Crippen molar-refractivity contribution in [2.45, 2.75) is 6.92 Å². The lowest BCUT2D eigenvalue weighted by Gasteiger charge is -1.92. The van der Waals surface area contributed by atoms with Gasteiger partial charge in [-0.1, -0.05) is 6.08 Å². The molecule has 2 heteroatoms. The van der Waals surface area contributed by atoms with Gasteiger partial charge in [-0.3, -0.25) is 4.98 Å². The first-order valence-electron chi connectivity index (χ1n) is 3.53. The van der Waals surface area contributed by atoms with Gasteiger partial charge in [0.15, 0.2) is 0 Å². The number of pyridine rings is 1. The van der Waals surface area contributed by atoms with Gasteiger partial charge in [0, 0.05) is 11.9 Å². The third-order valence-electron chi connectivity index (χ3n) is 1.33. The Morgan fingerprint density at radius 1 is 1.64 bits per heavy atom. The minimum atomic E-state index is 0.760. The molecular formula is C9H11NS. The highest BCUT2D eigenvalue weighted by Gasteiger charge is 1.86. The molecule has 0 aromatic carbocycles. The summed E-state index contributed by atoms with van der Waals surface area (Å²) in [5, 5.41) is 0. The van der Waals surface area contributed by atoms with E-state index in [2.05, 4.69) is 24.5 Å². The van der Waals surface area contributed by atoms with Gasteiger partial charge in [0.25, 0.3) is 0 Å². The fraction of sp³-hybridized carbons (Fsp3) is 0.222. The molecule has 11 heavy (non-hydrogen) atoms. The zero-order chi connectivity index (χ0) is 8.10. The molecule has 0 aliphatic rings. The molecule has 0 aliphatic carbocycles. The van der Waals surface area contributed by atoms with Gasteiger partial charge >= 0.3 is 0 Å². The number of thiol groups is 1. The fourth-order valence-electron chi connectivity index (χ4n) is 0.824. The minimum absolute atomic E-state index is 0.760. The average molecular weight is 165 g/mol. The molecule has 1 aromatic heterocycles. The first kappa shape index (κ1) is 8.34. The van der Waals surface area contributed by atoms with Gasteiger partial charge < -0.3 is 0 Å². The van der Waals surface area contributed by atoms with Crippen LogP contribution in [-0.4, -0.2) is 10.7 Å². The van der Waals surface area contributed by atoms with Gasteiger partial charge in [0.1, 0.15) is 0 Å². The first-order valence-corrected chi connectivity index (χ1v) is 4.16. The van der Waals surface area contributed by atoms with Crippen LogP contribution in [0, 0.1) is 6.92 Å². The molecule has 0 spiro atoms. The van der Waals surface area contributed by atoms with Crippen molar-refractivity contribution in [2.24, 2.45) is 0 Å². The summed E-state index contributed by atoms with van der Waals surface area (Å²) in [5.41, 5.74) is 2.23. The zero-order valence-corrected chi connectivity index (χ0v) is 7.38. The van der Waals surface area contributed by atoms with Crippen molar-refractivity contribution in [3.05, 3.63) is 35.7 Å². The van der Waals surface area contributed by atoms with Gasteiger partial charge in [-0.15, -0.1) is 0 Å². The lowest BCUT2D eigenvalue weighted by atomic mass is 10.2. The van der Waals surface area contributed by atoms with E-state index in [9.17, 15) is 0 Å². The first-order chi connectivity index (χ1) is 5.33. The van der Waals surface area contributed by atoms with Crippen molar-refractivity contribution in [3.8, 4) is 0 Å². The summed E-state index contributed by atoms with van der Waals surface area (Å²) in [6.07, 6.45) is 5.76. The molecule has 0 fully saturated rings. The Balaban J connectivity index is 2.79. The topological polar surface area (TPSA) is 12.9 Å². The summed E-state index contributed by atoms with van der Waals surface area (Å²) < 4.78 is 0. The number of aryl methyl sites for hydroxylation is 1. The predicted octanol–water partition coefficient (Wildman–Crippen LogP) is 2.33. The molecule has 0 saturated carbocycles. The highest BCUT2D eigenvalue weighted by molar-refractivity contribution is 7.80. The largest absolute Gasteiger partial charge is 0.257 e. The van der Waals surface area contributed by atoms with Crippen molar-refractivity contribution in [1.29, 1.82) is 0 Å². The van der Waals surface area contributed by atoms with Gasteiger partial charge in [-0.2, -0.15) is 12.6 Å². The molecule has 0 bridgehead atoms. The Labute approximate surface area is 72.6 Å². The van der Waals surface area contributed by atoms with Crippen LogP contribution in [0.5, 0.6) is 0 Å². The second-order valence-corrected chi connectivity index (χ2v) is 2.71. The molecule has 1 aromatic rings. The molecule has 1 nitrogen and oxygen atoms in total. The van der Waals surface area contributed by atoms with Crippen LogP contribution < -0.4 is 0 Å². The Morgan fingerprint density at radius 3 is 3.09 bits per heavy atom. The van der Waals surface area contributed by atoms with Gasteiger partial charge in [-0.05, 0) is 30.7 Å². The van der Waals surface area contributed by atoms with Crippen molar-refractivity contribution in [3.63, 3.8) is 0 Å². The molecule has 0 amide bonds. The number of aromatic nitrogens is 1. The third kappa shape index (κ3) is 2.76. The molecule has 0 radical (unpaired) electrons. The SMILES string of the molecule is Cc1ccnc(C=CCS)c1. The van der Waals surface area contributed by atoms with Gasteiger partial charge in [0.05, 0.1) is 5.69 Å². The van der Waals surface area contributed by atoms with Crippen LogP contribution >= 0.6 is 12.6 Å². The Hall–Kier alpha value is -0.760. The molecule has 58 valence electrons. The average Bonchev–Trinajstić information content (AvgIpc) is 2.01. The van der Waals surface area contributed by atoms with Gasteiger partial charge in [-0.25, -0.2) is 0 Å². The van der Waals surface area contributed by atoms with Crippen LogP contribution in [0.4, 0.5) is 0 Å². The molecular weight excluding hydrogens is 154 g/mol. The van der Waals surface area contributed by atoms with E-state index in [1.807, 2.05) is 30.5 Å². The molecule has 1 heterocycles. The quantitative estimate of drug-likeness (QED) is 0.664. The third-order valence-corrected chi connectivity index (χ3v) is 1.54. The summed E-state index contributed by atoms with van der Waals surface area (Å²) in [4.78, 5) is 4.16. The van der Waals surface area contributed by atoms with Crippen LogP contribution in [0.15, 0.2) is 24.4 Å². The molecule has 1 rings (SSSR count). The van der Waals surface area contributed by atoms with Crippen molar-refractivity contribution < 1.29 is 0 Å². The van der Waals surface area contributed by atoms with E-state index in [4.69, 9.17) is 0 Å². The van der Waals surface area contributed by atoms with Crippen LogP contribution in [0.3, 0.4) is 0 Å². The normalized spacial score (nSPS) is 10.7. The molecule has 0 N–H and O–H groups in total. The van der Waals surface area contributed by atoms with Crippen LogP contribution in [0.2, 0.25) is 0 Å². The Kier molecular flexibility index (Phi) is 3.17. The van der Waals surface area contributed by atoms with Crippen LogP contribution in [0.1, 0.15) is 11.3 Å². The summed E-state index contributed by atoms with van der Waals surface area (Å²) in [5.74, 6) is 0.760. The highest BCUT2D eigenvalue weighted by Crippen LogP contribution is 2.01. The van der Waals surface area contributed by atoms with E-state index >= 15 is 0 Å². The smallest absolute Gasteiger partial charge is 0.0629 e. The maximum Gasteiger partial charge on any atom is 0.0629 e. The Bertz CT molecular complexity index is 255. The highest BCUT2D eigenvalue weighted by atomic mass is 32.1. The summed E-state index contributed by atoms with van der Waals surface area (Å²) in [6.45, 7) is 2.06. The second kappa shape index (κ2) is 4.19. The fourth-order valence-corrected chi connectivity index (χ4v) is 0.930. The molecule has 0 aliphatic heterocycles. The van der Waals surface area contributed by atoms with Crippen molar-refractivity contribution >= 4 is 18.7 Å². The number of hydrogen-bond acceptors (Lipinski definition) is 2. The van der Waals surface area contributed by atoms with E-state index in [0.29, 0.717) is 0 Å². The number of rotatable bonds is 2. The van der Waals surface area contributed by atoms with E-state index in [0.717, 1.165) is 11.4 Å². The van der Waals surface area contributed by atoms with E-state index in [-0.39, 0.29) is 0 Å². The molecule has 0 saturated heterocycles. The summed E-state index contributed by atoms with van der Waals surface area (Å²) in [6, 6.07) is 4.03.